The number of hydrogen-bond acceptors (Lipinski definition) is 7. The Labute approximate surface area is 165 Å². The van der Waals surface area contributed by atoms with Crippen LogP contribution in [-0.4, -0.2) is 78.2 Å². The molecule has 0 N–H and O–H groups in total. The van der Waals surface area contributed by atoms with E-state index in [2.05, 4.69) is 24.8 Å². The highest BCUT2D eigenvalue weighted by Crippen LogP contribution is 2.16. The molecule has 28 heavy (non-hydrogen) atoms. The SMILES string of the molecule is O=C(c1ccc(N2CCCOCC2)nc1)N1CCCN(c2ncccn2)CC1. The number of aromatic nitrogens is 3. The maximum absolute atomic E-state index is 12.9. The molecule has 0 aromatic carbocycles. The van der Waals surface area contributed by atoms with Gasteiger partial charge in [-0.3, -0.25) is 4.79 Å². The Morgan fingerprint density at radius 3 is 2.54 bits per heavy atom. The van der Waals surface area contributed by atoms with E-state index in [1.807, 2.05) is 23.1 Å². The Balaban J connectivity index is 1.38. The van der Waals surface area contributed by atoms with Crippen LogP contribution in [0.2, 0.25) is 0 Å². The van der Waals surface area contributed by atoms with E-state index in [0.29, 0.717) is 12.1 Å². The van der Waals surface area contributed by atoms with E-state index in [0.717, 1.165) is 70.5 Å². The van der Waals surface area contributed by atoms with Gasteiger partial charge in [-0.2, -0.15) is 0 Å². The number of ether oxygens (including phenoxy) is 1. The van der Waals surface area contributed by atoms with Gasteiger partial charge in [-0.15, -0.1) is 0 Å². The number of anilines is 2. The van der Waals surface area contributed by atoms with E-state index in [1.54, 1.807) is 18.6 Å². The number of rotatable bonds is 3. The molecule has 0 bridgehead atoms. The summed E-state index contributed by atoms with van der Waals surface area (Å²) in [5.74, 6) is 1.67. The monoisotopic (exact) mass is 382 g/mol. The van der Waals surface area contributed by atoms with E-state index in [9.17, 15) is 4.79 Å². The number of nitrogens with zero attached hydrogens (tertiary/aromatic N) is 6. The minimum absolute atomic E-state index is 0.0362. The van der Waals surface area contributed by atoms with Crippen LogP contribution in [0.3, 0.4) is 0 Å². The second-order valence-corrected chi connectivity index (χ2v) is 7.04. The first-order chi connectivity index (χ1) is 13.8. The highest BCUT2D eigenvalue weighted by atomic mass is 16.5. The fourth-order valence-electron chi connectivity index (χ4n) is 3.63. The van der Waals surface area contributed by atoms with Crippen LogP contribution in [0.25, 0.3) is 0 Å². The molecule has 2 aromatic rings. The highest BCUT2D eigenvalue weighted by Gasteiger charge is 2.22. The van der Waals surface area contributed by atoms with E-state index in [1.165, 1.54) is 0 Å². The second kappa shape index (κ2) is 8.97. The zero-order valence-electron chi connectivity index (χ0n) is 16.0. The van der Waals surface area contributed by atoms with Crippen molar-refractivity contribution in [1.29, 1.82) is 0 Å². The van der Waals surface area contributed by atoms with Gasteiger partial charge in [0.05, 0.1) is 12.2 Å². The Bertz CT molecular complexity index is 762. The Hall–Kier alpha value is -2.74. The third kappa shape index (κ3) is 4.39. The lowest BCUT2D eigenvalue weighted by atomic mass is 10.2. The molecule has 0 atom stereocenters. The topological polar surface area (TPSA) is 74.7 Å². The van der Waals surface area contributed by atoms with Gasteiger partial charge in [0.25, 0.3) is 5.91 Å². The molecule has 0 saturated carbocycles. The smallest absolute Gasteiger partial charge is 0.255 e. The van der Waals surface area contributed by atoms with Crippen LogP contribution in [0.1, 0.15) is 23.2 Å². The molecule has 0 spiro atoms. The summed E-state index contributed by atoms with van der Waals surface area (Å²) < 4.78 is 5.50. The van der Waals surface area contributed by atoms with Crippen LogP contribution >= 0.6 is 0 Å². The minimum atomic E-state index is 0.0362. The van der Waals surface area contributed by atoms with Crippen LogP contribution in [0, 0.1) is 0 Å². The van der Waals surface area contributed by atoms with Gasteiger partial charge >= 0.3 is 0 Å². The summed E-state index contributed by atoms with van der Waals surface area (Å²) in [6.07, 6.45) is 7.09. The molecular formula is C20H26N6O2. The first kappa shape index (κ1) is 18.6. The molecule has 0 radical (unpaired) electrons. The zero-order valence-corrected chi connectivity index (χ0v) is 16.0. The molecule has 2 aromatic heterocycles. The molecule has 8 nitrogen and oxygen atoms in total. The van der Waals surface area contributed by atoms with Crippen molar-refractivity contribution in [2.24, 2.45) is 0 Å². The third-order valence-electron chi connectivity index (χ3n) is 5.16. The molecule has 2 aliphatic heterocycles. The summed E-state index contributed by atoms with van der Waals surface area (Å²) in [5.41, 5.74) is 0.638. The van der Waals surface area contributed by atoms with Crippen molar-refractivity contribution in [3.8, 4) is 0 Å². The van der Waals surface area contributed by atoms with Gasteiger partial charge < -0.3 is 19.4 Å². The zero-order chi connectivity index (χ0) is 19.2. The summed E-state index contributed by atoms with van der Waals surface area (Å²) in [6.45, 7) is 6.26. The Morgan fingerprint density at radius 1 is 0.857 bits per heavy atom. The third-order valence-corrected chi connectivity index (χ3v) is 5.16. The van der Waals surface area contributed by atoms with E-state index in [4.69, 9.17) is 4.74 Å². The second-order valence-electron chi connectivity index (χ2n) is 7.04. The van der Waals surface area contributed by atoms with Crippen molar-refractivity contribution >= 4 is 17.7 Å². The van der Waals surface area contributed by atoms with Gasteiger partial charge in [0.15, 0.2) is 0 Å². The van der Waals surface area contributed by atoms with Crippen LogP contribution < -0.4 is 9.80 Å². The summed E-state index contributed by atoms with van der Waals surface area (Å²) in [7, 11) is 0. The number of amides is 1. The summed E-state index contributed by atoms with van der Waals surface area (Å²) >= 11 is 0. The van der Waals surface area contributed by atoms with Crippen molar-refractivity contribution in [2.45, 2.75) is 12.8 Å². The molecule has 1 amide bonds. The molecule has 0 aliphatic carbocycles. The lowest BCUT2D eigenvalue weighted by Gasteiger charge is -2.23. The summed E-state index contributed by atoms with van der Waals surface area (Å²) in [6, 6.07) is 5.65. The fourth-order valence-corrected chi connectivity index (χ4v) is 3.63. The van der Waals surface area contributed by atoms with Crippen LogP contribution in [-0.2, 0) is 4.74 Å². The number of pyridine rings is 1. The van der Waals surface area contributed by atoms with E-state index < -0.39 is 0 Å². The lowest BCUT2D eigenvalue weighted by molar-refractivity contribution is 0.0766. The van der Waals surface area contributed by atoms with Crippen molar-refractivity contribution in [1.82, 2.24) is 19.9 Å². The quantitative estimate of drug-likeness (QED) is 0.795. The Kier molecular flexibility index (Phi) is 5.96. The molecule has 4 rings (SSSR count). The average molecular weight is 382 g/mol. The predicted octanol–water partition coefficient (Wildman–Crippen LogP) is 1.45. The number of hydrogen-bond donors (Lipinski definition) is 0. The highest BCUT2D eigenvalue weighted by molar-refractivity contribution is 5.94. The van der Waals surface area contributed by atoms with E-state index >= 15 is 0 Å². The van der Waals surface area contributed by atoms with Crippen molar-refractivity contribution < 1.29 is 9.53 Å². The molecule has 0 unspecified atom stereocenters. The van der Waals surface area contributed by atoms with Crippen molar-refractivity contribution in [3.05, 3.63) is 42.4 Å². The molecule has 148 valence electrons. The van der Waals surface area contributed by atoms with Gasteiger partial charge in [-0.25, -0.2) is 15.0 Å². The molecule has 2 aliphatic rings. The van der Waals surface area contributed by atoms with Crippen LogP contribution in [0.15, 0.2) is 36.8 Å². The molecule has 2 saturated heterocycles. The van der Waals surface area contributed by atoms with E-state index in [-0.39, 0.29) is 5.91 Å². The van der Waals surface area contributed by atoms with Crippen molar-refractivity contribution in [3.63, 3.8) is 0 Å². The maximum atomic E-state index is 12.9. The molecule has 2 fully saturated rings. The number of carbonyl (C=O) groups excluding carboxylic acids is 1. The first-order valence-corrected chi connectivity index (χ1v) is 9.91. The van der Waals surface area contributed by atoms with Gasteiger partial charge in [0, 0.05) is 64.5 Å². The normalized spacial score (nSPS) is 18.5. The first-order valence-electron chi connectivity index (χ1n) is 9.91. The van der Waals surface area contributed by atoms with Gasteiger partial charge in [0.1, 0.15) is 5.82 Å². The fraction of sp³-hybridized carbons (Fsp3) is 0.500. The molecular weight excluding hydrogens is 356 g/mol. The van der Waals surface area contributed by atoms with Crippen LogP contribution in [0.4, 0.5) is 11.8 Å². The average Bonchev–Trinajstić information content (AvgIpc) is 3.17. The van der Waals surface area contributed by atoms with Crippen LogP contribution in [0.5, 0.6) is 0 Å². The maximum Gasteiger partial charge on any atom is 0.255 e. The van der Waals surface area contributed by atoms with Gasteiger partial charge in [0.2, 0.25) is 5.95 Å². The number of carbonyl (C=O) groups is 1. The van der Waals surface area contributed by atoms with Gasteiger partial charge in [-0.1, -0.05) is 0 Å². The largest absolute Gasteiger partial charge is 0.380 e. The minimum Gasteiger partial charge on any atom is -0.380 e. The lowest BCUT2D eigenvalue weighted by Crippen LogP contribution is -2.35. The standard InChI is InChI=1S/C20H26N6O2/c27-19(17-4-5-18(23-16-17)24-10-3-14-28-15-13-24)25-8-2-9-26(12-11-25)20-21-6-1-7-22-20/h1,4-7,16H,2-3,8-15H2. The molecule has 4 heterocycles. The van der Waals surface area contributed by atoms with Crippen molar-refractivity contribution in [2.75, 3.05) is 62.3 Å². The Morgan fingerprint density at radius 2 is 1.71 bits per heavy atom. The predicted molar refractivity (Wildman–Crippen MR) is 107 cm³/mol. The summed E-state index contributed by atoms with van der Waals surface area (Å²) in [4.78, 5) is 32.4. The van der Waals surface area contributed by atoms with Gasteiger partial charge in [-0.05, 0) is 31.0 Å². The molecule has 8 heteroatoms. The summed E-state index contributed by atoms with van der Waals surface area (Å²) in [5, 5.41) is 0.